The van der Waals surface area contributed by atoms with Gasteiger partial charge in [-0.05, 0) is 42.7 Å². The lowest BCUT2D eigenvalue weighted by Crippen LogP contribution is -2.11. The molecule has 0 fully saturated rings. The summed E-state index contributed by atoms with van der Waals surface area (Å²) in [6.45, 7) is 1.04. The van der Waals surface area contributed by atoms with Gasteiger partial charge in [-0.1, -0.05) is 5.16 Å². The van der Waals surface area contributed by atoms with Gasteiger partial charge in [0.2, 0.25) is 5.82 Å². The van der Waals surface area contributed by atoms with Crippen LogP contribution < -0.4 is 5.32 Å². The first-order chi connectivity index (χ1) is 9.90. The largest absolute Gasteiger partial charge is 0.472 e. The number of furan rings is 1. The summed E-state index contributed by atoms with van der Waals surface area (Å²) in [6.07, 6.45) is 5.43. The summed E-state index contributed by atoms with van der Waals surface area (Å²) < 4.78 is 10.4. The van der Waals surface area contributed by atoms with Crippen LogP contribution in [-0.2, 0) is 6.42 Å². The Morgan fingerprint density at radius 3 is 3.05 bits per heavy atom. The van der Waals surface area contributed by atoms with Crippen molar-refractivity contribution >= 4 is 5.69 Å². The van der Waals surface area contributed by atoms with Crippen LogP contribution in [0.2, 0.25) is 0 Å². The van der Waals surface area contributed by atoms with E-state index < -0.39 is 0 Å². The Hall–Kier alpha value is -2.56. The second kappa shape index (κ2) is 4.52. The van der Waals surface area contributed by atoms with Gasteiger partial charge in [-0.15, -0.1) is 0 Å². The molecule has 1 aromatic carbocycles. The molecule has 5 heteroatoms. The van der Waals surface area contributed by atoms with Gasteiger partial charge < -0.3 is 14.3 Å². The van der Waals surface area contributed by atoms with Crippen molar-refractivity contribution in [3.05, 3.63) is 42.4 Å². The number of rotatable bonds is 2. The fourth-order valence-corrected chi connectivity index (χ4v) is 2.46. The Balaban J connectivity index is 1.71. The van der Waals surface area contributed by atoms with E-state index in [9.17, 15) is 0 Å². The van der Waals surface area contributed by atoms with Gasteiger partial charge >= 0.3 is 0 Å². The zero-order valence-electron chi connectivity index (χ0n) is 10.8. The van der Waals surface area contributed by atoms with Crippen molar-refractivity contribution in [1.29, 1.82) is 0 Å². The number of hydrogen-bond acceptors (Lipinski definition) is 5. The molecule has 100 valence electrons. The maximum Gasteiger partial charge on any atom is 0.258 e. The van der Waals surface area contributed by atoms with Crippen LogP contribution in [0.15, 0.2) is 45.7 Å². The van der Waals surface area contributed by atoms with Crippen molar-refractivity contribution in [2.24, 2.45) is 0 Å². The van der Waals surface area contributed by atoms with E-state index in [4.69, 9.17) is 8.94 Å². The predicted octanol–water partition coefficient (Wildman–Crippen LogP) is 3.35. The number of benzene rings is 1. The summed E-state index contributed by atoms with van der Waals surface area (Å²) in [6, 6.07) is 8.01. The van der Waals surface area contributed by atoms with Gasteiger partial charge in [0.1, 0.15) is 6.26 Å². The lowest BCUT2D eigenvalue weighted by atomic mass is 10.0. The average molecular weight is 267 g/mol. The van der Waals surface area contributed by atoms with Gasteiger partial charge in [-0.25, -0.2) is 0 Å². The Morgan fingerprint density at radius 2 is 2.15 bits per heavy atom. The number of nitrogens with one attached hydrogen (secondary N) is 1. The molecule has 4 rings (SSSR count). The molecule has 20 heavy (non-hydrogen) atoms. The fourth-order valence-electron chi connectivity index (χ4n) is 2.46. The average Bonchev–Trinajstić information content (AvgIpc) is 3.17. The van der Waals surface area contributed by atoms with Crippen LogP contribution >= 0.6 is 0 Å². The Labute approximate surface area is 115 Å². The van der Waals surface area contributed by atoms with Crippen molar-refractivity contribution in [3.63, 3.8) is 0 Å². The molecule has 0 amide bonds. The number of hydrogen-bond donors (Lipinski definition) is 1. The molecule has 0 bridgehead atoms. The second-order valence-corrected chi connectivity index (χ2v) is 4.84. The van der Waals surface area contributed by atoms with E-state index in [1.807, 2.05) is 12.1 Å². The van der Waals surface area contributed by atoms with E-state index in [1.54, 1.807) is 12.5 Å². The third-order valence-corrected chi connectivity index (χ3v) is 3.50. The van der Waals surface area contributed by atoms with Crippen LogP contribution in [0.5, 0.6) is 0 Å². The van der Waals surface area contributed by atoms with Crippen LogP contribution in [0.1, 0.15) is 12.0 Å². The van der Waals surface area contributed by atoms with Crippen LogP contribution in [-0.4, -0.2) is 16.7 Å². The van der Waals surface area contributed by atoms with Gasteiger partial charge in [0.25, 0.3) is 5.89 Å². The lowest BCUT2D eigenvalue weighted by molar-refractivity contribution is 0.432. The molecule has 1 aliphatic heterocycles. The van der Waals surface area contributed by atoms with Gasteiger partial charge in [0, 0.05) is 17.8 Å². The van der Waals surface area contributed by atoms with Crippen molar-refractivity contribution in [2.45, 2.75) is 12.8 Å². The maximum atomic E-state index is 5.34. The quantitative estimate of drug-likeness (QED) is 0.771. The summed E-state index contributed by atoms with van der Waals surface area (Å²) in [5, 5.41) is 7.38. The minimum atomic E-state index is 0.537. The smallest absolute Gasteiger partial charge is 0.258 e. The first-order valence-corrected chi connectivity index (χ1v) is 6.63. The number of fused-ring (bicyclic) bond motifs is 1. The highest BCUT2D eigenvalue weighted by Crippen LogP contribution is 2.28. The van der Waals surface area contributed by atoms with Crippen molar-refractivity contribution < 1.29 is 8.94 Å². The van der Waals surface area contributed by atoms with Crippen LogP contribution in [0.25, 0.3) is 22.8 Å². The molecule has 0 spiro atoms. The number of aryl methyl sites for hydroxylation is 1. The Kier molecular flexibility index (Phi) is 2.55. The zero-order valence-corrected chi connectivity index (χ0v) is 10.8. The minimum Gasteiger partial charge on any atom is -0.472 e. The van der Waals surface area contributed by atoms with E-state index in [0.29, 0.717) is 11.7 Å². The highest BCUT2D eigenvalue weighted by Gasteiger charge is 2.14. The molecule has 0 saturated carbocycles. The Morgan fingerprint density at radius 1 is 1.15 bits per heavy atom. The molecule has 0 aliphatic carbocycles. The molecule has 5 nitrogen and oxygen atoms in total. The van der Waals surface area contributed by atoms with Crippen LogP contribution in [0.3, 0.4) is 0 Å². The third kappa shape index (κ3) is 1.87. The Bertz CT molecular complexity index is 731. The molecular formula is C15H13N3O2. The molecule has 1 N–H and O–H groups in total. The highest BCUT2D eigenvalue weighted by molar-refractivity contribution is 5.65. The van der Waals surface area contributed by atoms with E-state index in [2.05, 4.69) is 27.6 Å². The summed E-state index contributed by atoms with van der Waals surface area (Å²) in [7, 11) is 0. The van der Waals surface area contributed by atoms with Gasteiger partial charge in [0.15, 0.2) is 0 Å². The first kappa shape index (κ1) is 11.3. The normalized spacial score (nSPS) is 13.8. The molecular weight excluding hydrogens is 254 g/mol. The van der Waals surface area contributed by atoms with Crippen LogP contribution in [0.4, 0.5) is 5.69 Å². The first-order valence-electron chi connectivity index (χ1n) is 6.63. The van der Waals surface area contributed by atoms with Crippen molar-refractivity contribution in [3.8, 4) is 22.8 Å². The van der Waals surface area contributed by atoms with Crippen molar-refractivity contribution in [1.82, 2.24) is 10.1 Å². The standard InChI is InChI=1S/C15H13N3O2/c1-2-10-8-11(3-4-13(10)16-6-1)15-17-14(18-20-15)12-5-7-19-9-12/h3-5,7-9,16H,1-2,6H2. The molecule has 1 aliphatic rings. The number of nitrogens with zero attached hydrogens (tertiary/aromatic N) is 2. The molecule has 3 heterocycles. The molecule has 0 saturated heterocycles. The second-order valence-electron chi connectivity index (χ2n) is 4.84. The lowest BCUT2D eigenvalue weighted by Gasteiger charge is -2.17. The molecule has 2 aromatic heterocycles. The monoisotopic (exact) mass is 267 g/mol. The summed E-state index contributed by atoms with van der Waals surface area (Å²) in [5.74, 6) is 1.08. The van der Waals surface area contributed by atoms with Gasteiger partial charge in [0.05, 0.1) is 11.8 Å². The molecule has 0 atom stereocenters. The van der Waals surface area contributed by atoms with E-state index in [-0.39, 0.29) is 0 Å². The van der Waals surface area contributed by atoms with Crippen molar-refractivity contribution in [2.75, 3.05) is 11.9 Å². The fraction of sp³-hybridized carbons (Fsp3) is 0.200. The summed E-state index contributed by atoms with van der Waals surface area (Å²) >= 11 is 0. The minimum absolute atomic E-state index is 0.537. The topological polar surface area (TPSA) is 64.1 Å². The van der Waals surface area contributed by atoms with E-state index in [1.165, 1.54) is 11.3 Å². The maximum absolute atomic E-state index is 5.34. The zero-order chi connectivity index (χ0) is 13.4. The predicted molar refractivity (Wildman–Crippen MR) is 74.2 cm³/mol. The summed E-state index contributed by atoms with van der Waals surface area (Å²) in [5.41, 5.74) is 4.28. The summed E-state index contributed by atoms with van der Waals surface area (Å²) in [4.78, 5) is 4.41. The van der Waals surface area contributed by atoms with Gasteiger partial charge in [-0.3, -0.25) is 0 Å². The molecule has 3 aromatic rings. The van der Waals surface area contributed by atoms with Crippen LogP contribution in [0, 0.1) is 0 Å². The molecule has 0 radical (unpaired) electrons. The van der Waals surface area contributed by atoms with E-state index >= 15 is 0 Å². The van der Waals surface area contributed by atoms with Gasteiger partial charge in [-0.2, -0.15) is 4.98 Å². The van der Waals surface area contributed by atoms with E-state index in [0.717, 1.165) is 30.5 Å². The number of aromatic nitrogens is 2. The number of anilines is 1. The SMILES string of the molecule is c1cc(-c2noc(-c3ccc4c(c3)CCCN4)n2)co1. The molecule has 0 unspecified atom stereocenters. The third-order valence-electron chi connectivity index (χ3n) is 3.50. The highest BCUT2D eigenvalue weighted by atomic mass is 16.5.